The largest absolute Gasteiger partial charge is 0.374 e. The molecule has 16 heavy (non-hydrogen) atoms. The Hall–Kier alpha value is 0.270. The standard InChI is InChI=1S/C13H25NOS/c1-10-6-7-12(15-10)9-14-11-4-3-5-13(8-11)16-2/h10-14H,3-9H2,1-2H3. The number of ether oxygens (including phenoxy) is 1. The van der Waals surface area contributed by atoms with E-state index < -0.39 is 0 Å². The molecule has 2 nitrogen and oxygen atoms in total. The third-order valence-electron chi connectivity index (χ3n) is 3.91. The minimum Gasteiger partial charge on any atom is -0.374 e. The van der Waals surface area contributed by atoms with Crippen molar-refractivity contribution >= 4 is 11.8 Å². The number of thioether (sulfide) groups is 1. The monoisotopic (exact) mass is 243 g/mol. The van der Waals surface area contributed by atoms with Gasteiger partial charge in [0.2, 0.25) is 0 Å². The van der Waals surface area contributed by atoms with Crippen LogP contribution in [0.15, 0.2) is 0 Å². The van der Waals surface area contributed by atoms with Crippen molar-refractivity contribution in [2.24, 2.45) is 0 Å². The maximum Gasteiger partial charge on any atom is 0.0704 e. The summed E-state index contributed by atoms with van der Waals surface area (Å²) in [5.74, 6) is 0. The topological polar surface area (TPSA) is 21.3 Å². The highest BCUT2D eigenvalue weighted by atomic mass is 32.2. The smallest absolute Gasteiger partial charge is 0.0704 e. The van der Waals surface area contributed by atoms with Crippen LogP contribution in [0.3, 0.4) is 0 Å². The summed E-state index contributed by atoms with van der Waals surface area (Å²) in [6.07, 6.45) is 11.2. The molecule has 0 radical (unpaired) electrons. The van der Waals surface area contributed by atoms with Crippen LogP contribution in [0.25, 0.3) is 0 Å². The molecule has 0 aromatic heterocycles. The zero-order valence-corrected chi connectivity index (χ0v) is 11.4. The van der Waals surface area contributed by atoms with Crippen LogP contribution in [0, 0.1) is 0 Å². The Bertz CT molecular complexity index is 212. The van der Waals surface area contributed by atoms with Crippen LogP contribution in [-0.2, 0) is 4.74 Å². The van der Waals surface area contributed by atoms with Crippen molar-refractivity contribution in [1.82, 2.24) is 5.32 Å². The van der Waals surface area contributed by atoms with Gasteiger partial charge in [-0.1, -0.05) is 6.42 Å². The summed E-state index contributed by atoms with van der Waals surface area (Å²) < 4.78 is 5.84. The maximum atomic E-state index is 5.84. The average molecular weight is 243 g/mol. The van der Waals surface area contributed by atoms with Gasteiger partial charge in [0, 0.05) is 17.8 Å². The van der Waals surface area contributed by atoms with Gasteiger partial charge in [-0.05, 0) is 45.3 Å². The van der Waals surface area contributed by atoms with Gasteiger partial charge in [0.25, 0.3) is 0 Å². The van der Waals surface area contributed by atoms with E-state index in [1.807, 2.05) is 11.8 Å². The number of hydrogen-bond acceptors (Lipinski definition) is 3. The van der Waals surface area contributed by atoms with Crippen molar-refractivity contribution in [3.8, 4) is 0 Å². The zero-order valence-electron chi connectivity index (χ0n) is 10.6. The highest BCUT2D eigenvalue weighted by Crippen LogP contribution is 2.27. The molecule has 1 aliphatic heterocycles. The first-order chi connectivity index (χ1) is 7.78. The number of nitrogens with one attached hydrogen (secondary N) is 1. The van der Waals surface area contributed by atoms with E-state index >= 15 is 0 Å². The second-order valence-corrected chi connectivity index (χ2v) is 6.41. The molecule has 1 saturated heterocycles. The molecule has 0 aromatic rings. The molecule has 2 rings (SSSR count). The molecule has 0 spiro atoms. The van der Waals surface area contributed by atoms with Gasteiger partial charge in [-0.15, -0.1) is 0 Å². The Kier molecular flexibility index (Phi) is 4.98. The minimum atomic E-state index is 0.477. The van der Waals surface area contributed by atoms with Crippen LogP contribution in [-0.4, -0.2) is 36.3 Å². The molecule has 0 aromatic carbocycles. The van der Waals surface area contributed by atoms with Gasteiger partial charge in [0.1, 0.15) is 0 Å². The van der Waals surface area contributed by atoms with Crippen LogP contribution < -0.4 is 5.32 Å². The lowest BCUT2D eigenvalue weighted by atomic mass is 9.95. The Morgan fingerprint density at radius 2 is 2.12 bits per heavy atom. The van der Waals surface area contributed by atoms with Crippen molar-refractivity contribution in [3.05, 3.63) is 0 Å². The summed E-state index contributed by atoms with van der Waals surface area (Å²) in [6.45, 7) is 3.25. The van der Waals surface area contributed by atoms with Crippen LogP contribution in [0.4, 0.5) is 0 Å². The summed E-state index contributed by atoms with van der Waals surface area (Å²) in [5, 5.41) is 4.59. The third-order valence-corrected chi connectivity index (χ3v) is 5.01. The van der Waals surface area contributed by atoms with Gasteiger partial charge in [-0.3, -0.25) is 0 Å². The summed E-state index contributed by atoms with van der Waals surface area (Å²) in [7, 11) is 0. The van der Waals surface area contributed by atoms with E-state index in [2.05, 4.69) is 18.5 Å². The van der Waals surface area contributed by atoms with Crippen LogP contribution in [0.1, 0.15) is 45.4 Å². The first-order valence-electron chi connectivity index (χ1n) is 6.69. The van der Waals surface area contributed by atoms with Crippen molar-refractivity contribution in [2.75, 3.05) is 12.8 Å². The minimum absolute atomic E-state index is 0.477. The van der Waals surface area contributed by atoms with Gasteiger partial charge in [-0.2, -0.15) is 11.8 Å². The molecule has 0 bridgehead atoms. The van der Waals surface area contributed by atoms with Crippen molar-refractivity contribution in [3.63, 3.8) is 0 Å². The van der Waals surface area contributed by atoms with E-state index in [0.717, 1.165) is 17.8 Å². The van der Waals surface area contributed by atoms with E-state index in [-0.39, 0.29) is 0 Å². The Balaban J connectivity index is 1.65. The highest BCUT2D eigenvalue weighted by Gasteiger charge is 2.25. The second kappa shape index (κ2) is 6.27. The molecule has 1 heterocycles. The van der Waals surface area contributed by atoms with Crippen LogP contribution in [0.5, 0.6) is 0 Å². The van der Waals surface area contributed by atoms with Crippen LogP contribution in [0.2, 0.25) is 0 Å². The fourth-order valence-electron chi connectivity index (χ4n) is 2.88. The molecule has 4 atom stereocenters. The van der Waals surface area contributed by atoms with E-state index in [1.54, 1.807) is 0 Å². The highest BCUT2D eigenvalue weighted by molar-refractivity contribution is 7.99. The quantitative estimate of drug-likeness (QED) is 0.820. The van der Waals surface area contributed by atoms with Gasteiger partial charge in [-0.25, -0.2) is 0 Å². The van der Waals surface area contributed by atoms with Gasteiger partial charge < -0.3 is 10.1 Å². The fraction of sp³-hybridized carbons (Fsp3) is 1.00. The van der Waals surface area contributed by atoms with E-state index in [4.69, 9.17) is 4.74 Å². The van der Waals surface area contributed by atoms with Gasteiger partial charge in [0.05, 0.1) is 12.2 Å². The lowest BCUT2D eigenvalue weighted by Gasteiger charge is -2.29. The fourth-order valence-corrected chi connectivity index (χ4v) is 3.71. The van der Waals surface area contributed by atoms with E-state index in [1.165, 1.54) is 38.5 Å². The normalized spacial score (nSPS) is 40.1. The molecule has 1 saturated carbocycles. The lowest BCUT2D eigenvalue weighted by Crippen LogP contribution is -2.39. The van der Waals surface area contributed by atoms with Crippen molar-refractivity contribution in [1.29, 1.82) is 0 Å². The maximum absolute atomic E-state index is 5.84. The van der Waals surface area contributed by atoms with Crippen molar-refractivity contribution < 1.29 is 4.74 Å². The molecular formula is C13H25NOS. The molecular weight excluding hydrogens is 218 g/mol. The predicted octanol–water partition coefficient (Wildman–Crippen LogP) is 2.82. The summed E-state index contributed by atoms with van der Waals surface area (Å²) in [4.78, 5) is 0. The molecule has 3 heteroatoms. The Labute approximate surface area is 104 Å². The van der Waals surface area contributed by atoms with E-state index in [9.17, 15) is 0 Å². The SMILES string of the molecule is CSC1CCCC(NCC2CCC(C)O2)C1. The molecule has 94 valence electrons. The number of hydrogen-bond donors (Lipinski definition) is 1. The summed E-state index contributed by atoms with van der Waals surface area (Å²) in [5.41, 5.74) is 0. The number of rotatable bonds is 4. The first kappa shape index (κ1) is 12.7. The molecule has 4 unspecified atom stereocenters. The molecule has 2 fully saturated rings. The van der Waals surface area contributed by atoms with Crippen LogP contribution >= 0.6 is 11.8 Å². The molecule has 1 aliphatic carbocycles. The average Bonchev–Trinajstić information content (AvgIpc) is 2.73. The second-order valence-electron chi connectivity index (χ2n) is 5.28. The summed E-state index contributed by atoms with van der Waals surface area (Å²) >= 11 is 2.04. The van der Waals surface area contributed by atoms with Crippen molar-refractivity contribution in [2.45, 2.75) is 68.9 Å². The molecule has 2 aliphatic rings. The van der Waals surface area contributed by atoms with E-state index in [0.29, 0.717) is 12.2 Å². The molecule has 0 amide bonds. The molecule has 1 N–H and O–H groups in total. The zero-order chi connectivity index (χ0) is 11.4. The first-order valence-corrected chi connectivity index (χ1v) is 7.98. The summed E-state index contributed by atoms with van der Waals surface area (Å²) in [6, 6.07) is 0.741. The predicted molar refractivity (Wildman–Crippen MR) is 71.1 cm³/mol. The van der Waals surface area contributed by atoms with Gasteiger partial charge in [0.15, 0.2) is 0 Å². The Morgan fingerprint density at radius 3 is 2.81 bits per heavy atom. The third kappa shape index (κ3) is 3.64. The van der Waals surface area contributed by atoms with Gasteiger partial charge >= 0.3 is 0 Å². The lowest BCUT2D eigenvalue weighted by molar-refractivity contribution is 0.0535. The Morgan fingerprint density at radius 1 is 1.25 bits per heavy atom.